The molecule has 0 saturated carbocycles. The van der Waals surface area contributed by atoms with E-state index in [-0.39, 0.29) is 6.10 Å². The van der Waals surface area contributed by atoms with E-state index in [1.165, 1.54) is 0 Å². The molecule has 0 radical (unpaired) electrons. The number of epoxide rings is 1. The van der Waals surface area contributed by atoms with Crippen molar-refractivity contribution in [2.24, 2.45) is 0 Å². The van der Waals surface area contributed by atoms with Gasteiger partial charge in [-0.1, -0.05) is 12.1 Å². The van der Waals surface area contributed by atoms with Gasteiger partial charge in [-0.2, -0.15) is 0 Å². The van der Waals surface area contributed by atoms with Gasteiger partial charge in [-0.05, 0) is 12.1 Å². The minimum absolute atomic E-state index is 0.0776. The Morgan fingerprint density at radius 2 is 2.64 bits per heavy atom. The van der Waals surface area contributed by atoms with E-state index >= 15 is 0 Å². The first kappa shape index (κ1) is 4.67. The summed E-state index contributed by atoms with van der Waals surface area (Å²) in [6.07, 6.45) is 4.50. The van der Waals surface area contributed by atoms with Crippen LogP contribution in [0.25, 0.3) is 6.08 Å². The fourth-order valence-electron chi connectivity index (χ4n) is 1.40. The van der Waals surface area contributed by atoms with Gasteiger partial charge in [0.05, 0.1) is 7.06 Å². The van der Waals surface area contributed by atoms with Gasteiger partial charge in [0.15, 0.2) is 0 Å². The Kier molecular flexibility index (Phi) is 0.727. The lowest BCUT2D eigenvalue weighted by molar-refractivity contribution is 0.395. The van der Waals surface area contributed by atoms with Crippen LogP contribution in [-0.4, -0.2) is 11.1 Å². The lowest BCUT2D eigenvalue weighted by Crippen LogP contribution is -1.96. The normalized spacial score (nSPS) is 38.9. The van der Waals surface area contributed by atoms with E-state index in [0.717, 1.165) is 11.3 Å². The lowest BCUT2D eigenvalue weighted by atomic mass is 10.0. The van der Waals surface area contributed by atoms with Gasteiger partial charge in [0.1, 0.15) is 12.2 Å². The summed E-state index contributed by atoms with van der Waals surface area (Å²) < 4.78 is 12.9. The summed E-state index contributed by atoms with van der Waals surface area (Å²) in [5.41, 5.74) is 1.97. The van der Waals surface area contributed by atoms with E-state index in [0.29, 0.717) is 0 Å². The van der Waals surface area contributed by atoms with E-state index in [1.54, 1.807) is 12.3 Å². The Morgan fingerprint density at radius 1 is 1.64 bits per heavy atom. The van der Waals surface area contributed by atoms with Crippen molar-refractivity contribution >= 4 is 6.08 Å². The Hall–Kier alpha value is -1.15. The quantitative estimate of drug-likeness (QED) is 0.519. The van der Waals surface area contributed by atoms with Gasteiger partial charge in [-0.15, -0.1) is 0 Å². The first-order valence-corrected chi connectivity index (χ1v) is 3.62. The van der Waals surface area contributed by atoms with Crippen molar-refractivity contribution in [3.63, 3.8) is 0 Å². The van der Waals surface area contributed by atoms with E-state index in [4.69, 9.17) is 6.11 Å². The summed E-state index contributed by atoms with van der Waals surface area (Å²) in [6, 6.07) is 3.84. The van der Waals surface area contributed by atoms with Crippen LogP contribution < -0.4 is 0 Å². The molecular weight excluding hydrogens is 138 g/mol. The van der Waals surface area contributed by atoms with Gasteiger partial charge in [0.2, 0.25) is 0 Å². The molecular formula is C9H7NO. The average molecular weight is 146 g/mol. The smallest absolute Gasteiger partial charge is 0.115 e. The Bertz CT molecular complexity index is 377. The van der Waals surface area contributed by atoms with Crippen LogP contribution in [0.2, 0.25) is 0 Å². The molecule has 0 spiro atoms. The molecule has 0 bridgehead atoms. The monoisotopic (exact) mass is 146 g/mol. The second-order valence-corrected chi connectivity index (χ2v) is 2.71. The zero-order valence-electron chi connectivity index (χ0n) is 6.82. The summed E-state index contributed by atoms with van der Waals surface area (Å²) in [5, 5.41) is 0. The zero-order chi connectivity index (χ0) is 8.18. The molecule has 2 unspecified atom stereocenters. The summed E-state index contributed by atoms with van der Waals surface area (Å²) in [7, 11) is 0. The highest BCUT2D eigenvalue weighted by Gasteiger charge is 2.41. The second-order valence-electron chi connectivity index (χ2n) is 2.71. The minimum atomic E-state index is -0.782. The fraction of sp³-hybridized carbons (Fsp3) is 0.222. The highest BCUT2D eigenvalue weighted by atomic mass is 16.6. The maximum atomic E-state index is 7.69. The third-order valence-electron chi connectivity index (χ3n) is 2.01. The molecule has 3 rings (SSSR count). The molecule has 1 fully saturated rings. The number of pyridine rings is 1. The van der Waals surface area contributed by atoms with Gasteiger partial charge in [0, 0.05) is 11.8 Å². The molecule has 2 nitrogen and oxygen atoms in total. The Balaban J connectivity index is 2.21. The van der Waals surface area contributed by atoms with Crippen LogP contribution in [0.15, 0.2) is 24.4 Å². The Labute approximate surface area is 65.9 Å². The van der Waals surface area contributed by atoms with E-state index < -0.39 is 6.08 Å². The summed E-state index contributed by atoms with van der Waals surface area (Å²) in [6.45, 7) is 0. The van der Waals surface area contributed by atoms with Gasteiger partial charge in [-0.3, -0.25) is 4.98 Å². The van der Waals surface area contributed by atoms with Crippen molar-refractivity contribution in [3.8, 4) is 0 Å². The number of ether oxygens (including phenoxy) is 1. The molecule has 2 aliphatic rings. The van der Waals surface area contributed by atoms with Crippen LogP contribution in [0.4, 0.5) is 0 Å². The summed E-state index contributed by atoms with van der Waals surface area (Å²) in [5.74, 6) is 0. The highest BCUT2D eigenvalue weighted by Crippen LogP contribution is 2.43. The molecule has 1 aromatic heterocycles. The molecule has 2 atom stereocenters. The maximum Gasteiger partial charge on any atom is 0.115 e. The van der Waals surface area contributed by atoms with Crippen molar-refractivity contribution in [3.05, 3.63) is 35.7 Å². The lowest BCUT2D eigenvalue weighted by Gasteiger charge is -2.03. The van der Waals surface area contributed by atoms with Crippen LogP contribution in [0.3, 0.4) is 0 Å². The topological polar surface area (TPSA) is 25.4 Å². The SMILES string of the molecule is [2H]C12C=Cc3ncccc3C1O2. The predicted octanol–water partition coefficient (Wildman–Crippen LogP) is 1.55. The van der Waals surface area contributed by atoms with E-state index in [9.17, 15) is 0 Å². The van der Waals surface area contributed by atoms with Crippen LogP contribution >= 0.6 is 0 Å². The van der Waals surface area contributed by atoms with Crippen molar-refractivity contribution < 1.29 is 6.11 Å². The van der Waals surface area contributed by atoms with Crippen molar-refractivity contribution in [2.45, 2.75) is 12.2 Å². The number of fused-ring (bicyclic) bond motifs is 3. The molecule has 0 aromatic carbocycles. The standard InChI is InChI=1S/C9H7NO/c1-2-6-7(10-5-1)3-4-8-9(6)11-8/h1-5,8-9H/i8D. The maximum absolute atomic E-state index is 7.69. The molecule has 1 aromatic rings. The fourth-order valence-corrected chi connectivity index (χ4v) is 1.40. The first-order valence-electron chi connectivity index (χ1n) is 4.12. The van der Waals surface area contributed by atoms with Gasteiger partial charge in [-0.25, -0.2) is 0 Å². The molecule has 0 amide bonds. The molecule has 0 N–H and O–H groups in total. The average Bonchev–Trinajstić information content (AvgIpc) is 2.78. The number of hydrogen-bond donors (Lipinski definition) is 0. The van der Waals surface area contributed by atoms with Gasteiger partial charge < -0.3 is 4.74 Å². The number of aromatic nitrogens is 1. The molecule has 1 saturated heterocycles. The van der Waals surface area contributed by atoms with Crippen LogP contribution in [0.1, 0.15) is 18.7 Å². The van der Waals surface area contributed by atoms with Crippen LogP contribution in [0, 0.1) is 0 Å². The third-order valence-corrected chi connectivity index (χ3v) is 2.01. The van der Waals surface area contributed by atoms with Crippen molar-refractivity contribution in [1.29, 1.82) is 0 Å². The van der Waals surface area contributed by atoms with Crippen molar-refractivity contribution in [1.82, 2.24) is 4.98 Å². The zero-order valence-corrected chi connectivity index (χ0v) is 5.82. The predicted molar refractivity (Wildman–Crippen MR) is 40.9 cm³/mol. The third kappa shape index (κ3) is 0.672. The highest BCUT2D eigenvalue weighted by molar-refractivity contribution is 5.56. The molecule has 1 aliphatic heterocycles. The van der Waals surface area contributed by atoms with Crippen molar-refractivity contribution in [2.75, 3.05) is 0 Å². The summed E-state index contributed by atoms with van der Waals surface area (Å²) in [4.78, 5) is 4.18. The van der Waals surface area contributed by atoms with Crippen LogP contribution in [0.5, 0.6) is 0 Å². The Morgan fingerprint density at radius 3 is 3.64 bits per heavy atom. The molecule has 2 heterocycles. The van der Waals surface area contributed by atoms with E-state index in [1.807, 2.05) is 18.2 Å². The molecule has 54 valence electrons. The van der Waals surface area contributed by atoms with Gasteiger partial charge in [0.25, 0.3) is 0 Å². The molecule has 11 heavy (non-hydrogen) atoms. The van der Waals surface area contributed by atoms with Gasteiger partial charge >= 0.3 is 0 Å². The molecule has 2 heteroatoms. The number of nitrogens with zero attached hydrogens (tertiary/aromatic N) is 1. The number of hydrogen-bond acceptors (Lipinski definition) is 2. The molecule has 1 aliphatic carbocycles. The number of rotatable bonds is 0. The van der Waals surface area contributed by atoms with E-state index in [2.05, 4.69) is 4.98 Å². The first-order chi connectivity index (χ1) is 5.80. The van der Waals surface area contributed by atoms with Crippen LogP contribution in [-0.2, 0) is 4.74 Å². The largest absolute Gasteiger partial charge is 0.360 e. The minimum Gasteiger partial charge on any atom is -0.360 e. The second kappa shape index (κ2) is 1.71. The summed E-state index contributed by atoms with van der Waals surface area (Å²) >= 11 is 0.